The molecule has 0 aliphatic heterocycles. The Kier molecular flexibility index (Phi) is 5.70. The number of hydrogen-bond donors (Lipinski definition) is 2. The average Bonchev–Trinajstić information content (AvgIpc) is 2.66. The number of aromatic nitrogens is 1. The van der Waals surface area contributed by atoms with Gasteiger partial charge in [0.15, 0.2) is 0 Å². The van der Waals surface area contributed by atoms with Gasteiger partial charge in [-0.1, -0.05) is 0 Å². The fraction of sp³-hybridized carbons (Fsp3) is 0.600. The molecule has 0 amide bonds. The summed E-state index contributed by atoms with van der Waals surface area (Å²) in [6.07, 6.45) is -6.10. The van der Waals surface area contributed by atoms with Gasteiger partial charge in [0, 0.05) is 6.42 Å². The van der Waals surface area contributed by atoms with Crippen molar-refractivity contribution in [2.24, 2.45) is 0 Å². The first-order chi connectivity index (χ1) is 9.50. The lowest BCUT2D eigenvalue weighted by Gasteiger charge is -2.07. The summed E-state index contributed by atoms with van der Waals surface area (Å²) < 4.78 is 60.9. The second-order valence-corrected chi connectivity index (χ2v) is 7.20. The van der Waals surface area contributed by atoms with Gasteiger partial charge < -0.3 is 5.11 Å². The number of rotatable bonds is 7. The lowest BCUT2D eigenvalue weighted by Crippen LogP contribution is -2.26. The van der Waals surface area contributed by atoms with Crippen molar-refractivity contribution in [3.05, 3.63) is 15.6 Å². The van der Waals surface area contributed by atoms with Crippen molar-refractivity contribution in [2.75, 3.05) is 5.75 Å². The Morgan fingerprint density at radius 2 is 2.05 bits per heavy atom. The van der Waals surface area contributed by atoms with Crippen LogP contribution in [0.2, 0.25) is 0 Å². The van der Waals surface area contributed by atoms with Crippen molar-refractivity contribution < 1.29 is 31.5 Å². The van der Waals surface area contributed by atoms with Crippen LogP contribution in [0.4, 0.5) is 13.2 Å². The molecule has 2 N–H and O–H groups in total. The molecule has 0 aliphatic rings. The molecule has 0 radical (unpaired) electrons. The summed E-state index contributed by atoms with van der Waals surface area (Å²) in [7, 11) is -3.86. The molecule has 11 heteroatoms. The van der Waals surface area contributed by atoms with E-state index in [4.69, 9.17) is 5.11 Å². The summed E-state index contributed by atoms with van der Waals surface area (Å²) in [6.45, 7) is 1.23. The fourth-order valence-corrected chi connectivity index (χ4v) is 3.39. The standard InChI is InChI=1S/C10H13F3N2O4S2/c1-6-8(9(16)17)20-7(15-6)5-14-21(18,19)4-2-3-10(11,12)13/h14H,2-5H2,1H3,(H,16,17). The minimum absolute atomic E-state index is 0.00118. The van der Waals surface area contributed by atoms with E-state index >= 15 is 0 Å². The number of thiazole rings is 1. The number of halogens is 3. The van der Waals surface area contributed by atoms with Gasteiger partial charge >= 0.3 is 12.1 Å². The predicted molar refractivity (Wildman–Crippen MR) is 69.7 cm³/mol. The largest absolute Gasteiger partial charge is 0.477 e. The molecular weight excluding hydrogens is 333 g/mol. The molecule has 6 nitrogen and oxygen atoms in total. The van der Waals surface area contributed by atoms with Crippen LogP contribution in [0.3, 0.4) is 0 Å². The Hall–Kier alpha value is -1.20. The minimum Gasteiger partial charge on any atom is -0.477 e. The lowest BCUT2D eigenvalue weighted by atomic mass is 10.3. The summed E-state index contributed by atoms with van der Waals surface area (Å²) in [5.41, 5.74) is 0.263. The third-order valence-corrected chi connectivity index (χ3v) is 4.91. The van der Waals surface area contributed by atoms with Crippen LogP contribution in [0.1, 0.15) is 33.2 Å². The Morgan fingerprint density at radius 1 is 1.43 bits per heavy atom. The summed E-state index contributed by atoms with van der Waals surface area (Å²) in [6, 6.07) is 0. The minimum atomic E-state index is -4.39. The second kappa shape index (κ2) is 6.71. The highest BCUT2D eigenvalue weighted by Gasteiger charge is 2.27. The van der Waals surface area contributed by atoms with Crippen LogP contribution >= 0.6 is 11.3 Å². The number of sulfonamides is 1. The zero-order chi connectivity index (χ0) is 16.3. The van der Waals surface area contributed by atoms with E-state index in [0.717, 1.165) is 11.3 Å². The molecule has 0 atom stereocenters. The number of aromatic carboxylic acids is 1. The van der Waals surface area contributed by atoms with Crippen LogP contribution in [0.25, 0.3) is 0 Å². The summed E-state index contributed by atoms with van der Waals surface area (Å²) in [5, 5.41) is 9.06. The number of nitrogens with zero attached hydrogens (tertiary/aromatic N) is 1. The lowest BCUT2D eigenvalue weighted by molar-refractivity contribution is -0.134. The molecule has 0 unspecified atom stereocenters. The molecule has 0 fully saturated rings. The maximum Gasteiger partial charge on any atom is 0.389 e. The molecular formula is C10H13F3N2O4S2. The Bertz CT molecular complexity index is 610. The highest BCUT2D eigenvalue weighted by atomic mass is 32.2. The first-order valence-corrected chi connectivity index (χ1v) is 8.21. The third-order valence-electron chi connectivity index (χ3n) is 2.35. The van der Waals surface area contributed by atoms with Crippen LogP contribution in [0, 0.1) is 6.92 Å². The van der Waals surface area contributed by atoms with Crippen molar-refractivity contribution in [3.63, 3.8) is 0 Å². The van der Waals surface area contributed by atoms with Crippen molar-refractivity contribution in [2.45, 2.75) is 32.5 Å². The van der Waals surface area contributed by atoms with E-state index in [2.05, 4.69) is 9.71 Å². The van der Waals surface area contributed by atoms with Crippen molar-refractivity contribution >= 4 is 27.3 Å². The number of carbonyl (C=O) groups is 1. The SMILES string of the molecule is Cc1nc(CNS(=O)(=O)CCCC(F)(F)F)sc1C(=O)O. The first-order valence-electron chi connectivity index (χ1n) is 5.74. The van der Waals surface area contributed by atoms with E-state index in [1.165, 1.54) is 6.92 Å². The topological polar surface area (TPSA) is 96.4 Å². The third kappa shape index (κ3) is 6.40. The van der Waals surface area contributed by atoms with Gasteiger partial charge in [0.05, 0.1) is 18.0 Å². The molecule has 21 heavy (non-hydrogen) atoms. The van der Waals surface area contributed by atoms with Crippen LogP contribution in [0.15, 0.2) is 0 Å². The molecule has 1 heterocycles. The predicted octanol–water partition coefficient (Wildman–Crippen LogP) is 1.91. The molecule has 0 saturated carbocycles. The zero-order valence-electron chi connectivity index (χ0n) is 10.9. The van der Waals surface area contributed by atoms with Gasteiger partial charge in [0.2, 0.25) is 10.0 Å². The van der Waals surface area contributed by atoms with Gasteiger partial charge in [0.25, 0.3) is 0 Å². The first kappa shape index (κ1) is 17.9. The molecule has 1 aromatic rings. The summed E-state index contributed by atoms with van der Waals surface area (Å²) in [5.74, 6) is -1.81. The van der Waals surface area contributed by atoms with Crippen molar-refractivity contribution in [3.8, 4) is 0 Å². The van der Waals surface area contributed by atoms with Crippen molar-refractivity contribution in [1.29, 1.82) is 0 Å². The van der Waals surface area contributed by atoms with E-state index in [1.54, 1.807) is 0 Å². The zero-order valence-corrected chi connectivity index (χ0v) is 12.5. The smallest absolute Gasteiger partial charge is 0.389 e. The average molecular weight is 346 g/mol. The highest BCUT2D eigenvalue weighted by molar-refractivity contribution is 7.89. The van der Waals surface area contributed by atoms with E-state index < -0.39 is 40.8 Å². The fourth-order valence-electron chi connectivity index (χ4n) is 1.43. The maximum absolute atomic E-state index is 11.9. The number of hydrogen-bond acceptors (Lipinski definition) is 5. The molecule has 0 spiro atoms. The normalized spacial score (nSPS) is 12.6. The maximum atomic E-state index is 11.9. The number of carboxylic acid groups (broad SMARTS) is 1. The van der Waals surface area contributed by atoms with Crippen LogP contribution in [-0.2, 0) is 16.6 Å². The molecule has 0 aromatic carbocycles. The Labute approximate surface area is 123 Å². The number of carboxylic acids is 1. The Balaban J connectivity index is 2.54. The monoisotopic (exact) mass is 346 g/mol. The summed E-state index contributed by atoms with van der Waals surface area (Å²) in [4.78, 5) is 14.7. The molecule has 0 bridgehead atoms. The molecule has 120 valence electrons. The van der Waals surface area contributed by atoms with Crippen LogP contribution in [-0.4, -0.2) is 36.4 Å². The van der Waals surface area contributed by atoms with E-state index in [9.17, 15) is 26.4 Å². The quantitative estimate of drug-likeness (QED) is 0.786. The Morgan fingerprint density at radius 3 is 2.52 bits per heavy atom. The number of nitrogens with one attached hydrogen (secondary N) is 1. The number of aryl methyl sites for hydroxylation is 1. The van der Waals surface area contributed by atoms with Gasteiger partial charge in [-0.3, -0.25) is 0 Å². The molecule has 0 saturated heterocycles. The van der Waals surface area contributed by atoms with Gasteiger partial charge in [0.1, 0.15) is 9.88 Å². The molecule has 0 aliphatic carbocycles. The number of alkyl halides is 3. The second-order valence-electron chi connectivity index (χ2n) is 4.19. The van der Waals surface area contributed by atoms with E-state index in [0.29, 0.717) is 0 Å². The van der Waals surface area contributed by atoms with Crippen LogP contribution in [0.5, 0.6) is 0 Å². The molecule has 1 rings (SSSR count). The van der Waals surface area contributed by atoms with Gasteiger partial charge in [-0.05, 0) is 13.3 Å². The van der Waals surface area contributed by atoms with Crippen LogP contribution < -0.4 is 4.72 Å². The highest BCUT2D eigenvalue weighted by Crippen LogP contribution is 2.21. The van der Waals surface area contributed by atoms with Gasteiger partial charge in [-0.15, -0.1) is 11.3 Å². The summed E-state index contributed by atoms with van der Waals surface area (Å²) >= 11 is 0.819. The van der Waals surface area contributed by atoms with Crippen molar-refractivity contribution in [1.82, 2.24) is 9.71 Å². The molecule has 1 aromatic heterocycles. The van der Waals surface area contributed by atoms with E-state index in [-0.39, 0.29) is 22.1 Å². The van der Waals surface area contributed by atoms with E-state index in [1.807, 2.05) is 0 Å². The van der Waals surface area contributed by atoms with Gasteiger partial charge in [-0.25, -0.2) is 22.9 Å². The van der Waals surface area contributed by atoms with Gasteiger partial charge in [-0.2, -0.15) is 13.2 Å².